The van der Waals surface area contributed by atoms with E-state index in [0.29, 0.717) is 0 Å². The average Bonchev–Trinajstić information content (AvgIpc) is 2.71. The predicted octanol–water partition coefficient (Wildman–Crippen LogP) is -3.77. The van der Waals surface area contributed by atoms with Gasteiger partial charge in [-0.15, -0.1) is 0 Å². The summed E-state index contributed by atoms with van der Waals surface area (Å²) in [4.78, 5) is 37.7. The molecular formula is C6H20N4O18P4+4. The van der Waals surface area contributed by atoms with Crippen molar-refractivity contribution in [1.29, 1.82) is 0 Å². The van der Waals surface area contributed by atoms with Crippen molar-refractivity contribution in [3.63, 3.8) is 0 Å². The van der Waals surface area contributed by atoms with Crippen LogP contribution in [-0.2, 0) is 54.9 Å². The molecule has 0 aromatic rings. The number of rotatable bonds is 12. The Hall–Kier alpha value is 0.200. The molecule has 0 spiro atoms. The number of hydrogen-bond donors (Lipinski definition) is 10. The maximum atomic E-state index is 11.7. The van der Waals surface area contributed by atoms with Crippen molar-refractivity contribution < 1.29 is 84.6 Å². The molecule has 22 nitrogen and oxygen atoms in total. The Morgan fingerprint density at radius 3 is 0.781 bits per heavy atom. The number of aliphatic hydroxyl groups is 2. The molecule has 0 aromatic carbocycles. The van der Waals surface area contributed by atoms with E-state index in [1.54, 1.807) is 0 Å². The standard InChI is InChI=1S/C6H20N4O18P4/c7-25-29(13,14)21-3-1(11)4(22-30(15,16)26-8)6(24-32(19,20)28-10)2(12)5(3)23-31(17,18)27-9/h1-6,11-12H,7-10H2,(H,13,14)(H,15,16)(H,17,18)(H,19,20)/q+4/t1?,2?,3-,4+,5-,6+. The van der Waals surface area contributed by atoms with Crippen LogP contribution in [0.2, 0.25) is 0 Å². The van der Waals surface area contributed by atoms with Crippen LogP contribution in [0.1, 0.15) is 0 Å². The first kappa shape index (κ1) is 30.2. The Morgan fingerprint density at radius 1 is 0.500 bits per heavy atom. The fraction of sp³-hybridized carbons (Fsp3) is 1.00. The van der Waals surface area contributed by atoms with E-state index >= 15 is 0 Å². The first-order valence-electron chi connectivity index (χ1n) is 7.39. The van der Waals surface area contributed by atoms with Crippen LogP contribution in [0.5, 0.6) is 0 Å². The van der Waals surface area contributed by atoms with Crippen molar-refractivity contribution in [2.45, 2.75) is 36.6 Å². The second kappa shape index (κ2) is 11.3. The van der Waals surface area contributed by atoms with Crippen molar-refractivity contribution in [1.82, 2.24) is 0 Å². The zero-order chi connectivity index (χ0) is 25.1. The van der Waals surface area contributed by atoms with Gasteiger partial charge < -0.3 is 10.2 Å². The Labute approximate surface area is 177 Å². The van der Waals surface area contributed by atoms with Gasteiger partial charge in [-0.05, 0) is 18.1 Å². The van der Waals surface area contributed by atoms with Gasteiger partial charge in [0.15, 0.2) is 0 Å². The molecule has 6 unspecified atom stereocenters. The van der Waals surface area contributed by atoms with E-state index in [-0.39, 0.29) is 0 Å². The number of phosphoric ester groups is 4. The van der Waals surface area contributed by atoms with Crippen molar-refractivity contribution in [3.8, 4) is 0 Å². The van der Waals surface area contributed by atoms with Gasteiger partial charge >= 0.3 is 55.7 Å². The zero-order valence-corrected chi connectivity index (χ0v) is 18.7. The number of nitrogens with two attached hydrogens (primary N) is 4. The van der Waals surface area contributed by atoms with E-state index in [9.17, 15) is 48.0 Å². The molecule has 1 aliphatic rings. The largest absolute Gasteiger partial charge is 0.724 e. The predicted molar refractivity (Wildman–Crippen MR) is 91.9 cm³/mol. The highest BCUT2D eigenvalue weighted by molar-refractivity contribution is 7.48. The van der Waals surface area contributed by atoms with Crippen LogP contribution in [-0.4, -0.2) is 66.4 Å². The summed E-state index contributed by atoms with van der Waals surface area (Å²) in [6.45, 7) is 0. The van der Waals surface area contributed by atoms with Crippen LogP contribution in [0.25, 0.3) is 0 Å². The molecule has 0 saturated heterocycles. The highest BCUT2D eigenvalue weighted by Gasteiger charge is 2.78. The Morgan fingerprint density at radius 2 is 0.656 bits per heavy atom. The maximum Gasteiger partial charge on any atom is 0.724 e. The number of hydrogen-bond acceptors (Lipinski definition) is 18. The van der Waals surface area contributed by atoms with E-state index in [0.717, 1.165) is 0 Å². The third-order valence-electron chi connectivity index (χ3n) is 3.55. The smallest absolute Gasteiger partial charge is 0.377 e. The van der Waals surface area contributed by atoms with Gasteiger partial charge in [0.25, 0.3) is 0 Å². The molecule has 10 atom stereocenters. The molecule has 188 valence electrons. The van der Waals surface area contributed by atoms with Crippen LogP contribution in [0, 0.1) is 0 Å². The summed E-state index contributed by atoms with van der Waals surface area (Å²) in [6, 6.07) is 0. The van der Waals surface area contributed by atoms with Crippen LogP contribution in [0.15, 0.2) is 0 Å². The Kier molecular flexibility index (Phi) is 10.7. The first-order chi connectivity index (χ1) is 14.4. The van der Waals surface area contributed by atoms with E-state index in [4.69, 9.17) is 0 Å². The summed E-state index contributed by atoms with van der Waals surface area (Å²) in [7, 11) is -21.3. The lowest BCUT2D eigenvalue weighted by Crippen LogP contribution is -2.65. The third kappa shape index (κ3) is 8.15. The Balaban J connectivity index is 3.57. The first-order valence-corrected chi connectivity index (χ1v) is 13.4. The van der Waals surface area contributed by atoms with Gasteiger partial charge in [0, 0.05) is 0 Å². The summed E-state index contributed by atoms with van der Waals surface area (Å²) in [5, 5.41) is 21.0. The molecule has 1 aliphatic carbocycles. The fourth-order valence-electron chi connectivity index (χ4n) is 2.36. The minimum atomic E-state index is -5.32. The lowest BCUT2D eigenvalue weighted by atomic mass is 9.85. The minimum Gasteiger partial charge on any atom is -0.377 e. The quantitative estimate of drug-likeness (QED) is 0.0621. The summed E-state index contributed by atoms with van der Waals surface area (Å²) in [5.74, 6) is 18.2. The minimum absolute atomic E-state index is 2.51. The second-order valence-electron chi connectivity index (χ2n) is 5.56. The summed E-state index contributed by atoms with van der Waals surface area (Å²) in [5.41, 5.74) is 0. The molecule has 0 aromatic heterocycles. The molecule has 26 heteroatoms. The van der Waals surface area contributed by atoms with Gasteiger partial charge in [0.1, 0.15) is 0 Å². The highest BCUT2D eigenvalue weighted by Crippen LogP contribution is 2.54. The molecule has 0 bridgehead atoms. The molecular weight excluding hydrogens is 540 g/mol. The molecule has 32 heavy (non-hydrogen) atoms. The zero-order valence-electron chi connectivity index (χ0n) is 15.1. The van der Waals surface area contributed by atoms with E-state index in [1.165, 1.54) is 0 Å². The summed E-state index contributed by atoms with van der Waals surface area (Å²) >= 11 is 0. The highest BCUT2D eigenvalue weighted by atomic mass is 31.2. The van der Waals surface area contributed by atoms with Crippen LogP contribution >= 0.6 is 31.3 Å². The number of aliphatic hydroxyl groups excluding tert-OH is 2. The monoisotopic (exact) mass is 560 g/mol. The van der Waals surface area contributed by atoms with E-state index in [1.807, 2.05) is 0 Å². The summed E-state index contributed by atoms with van der Waals surface area (Å²) < 4.78 is 79.0. The van der Waals surface area contributed by atoms with Crippen LogP contribution in [0.3, 0.4) is 0 Å². The second-order valence-corrected chi connectivity index (χ2v) is 11.0. The lowest BCUT2D eigenvalue weighted by molar-refractivity contribution is -0.211. The molecule has 14 N–H and O–H groups in total. The van der Waals surface area contributed by atoms with Gasteiger partial charge in [-0.25, -0.2) is 23.6 Å². The van der Waals surface area contributed by atoms with Crippen molar-refractivity contribution in [2.75, 3.05) is 0 Å². The maximum absolute atomic E-state index is 11.7. The molecule has 1 fully saturated rings. The molecule has 0 aliphatic heterocycles. The van der Waals surface area contributed by atoms with Gasteiger partial charge in [0.2, 0.25) is 12.2 Å². The van der Waals surface area contributed by atoms with Crippen molar-refractivity contribution in [2.24, 2.45) is 23.6 Å². The van der Waals surface area contributed by atoms with Gasteiger partial charge in [-0.3, -0.25) is 19.6 Å². The Bertz CT molecular complexity index is 697. The lowest BCUT2D eigenvalue weighted by Gasteiger charge is -2.27. The molecule has 0 amide bonds. The molecule has 1 saturated carbocycles. The molecule has 4 radical (unpaired) electrons. The topological polar surface area (TPSA) is 376 Å². The average molecular weight is 560 g/mol. The van der Waals surface area contributed by atoms with E-state index < -0.39 is 67.9 Å². The molecule has 1 rings (SSSR count). The van der Waals surface area contributed by atoms with Crippen molar-refractivity contribution in [3.05, 3.63) is 0 Å². The SMILES string of the molecule is NOP(=O)(O)[O+][C@@H]1C(O)[C@H]([O+]P(=O)(O)ON)[C@@H]([O+]P(=O)(O)ON)C(O)[C@H]1[O+]P(=O)(O)ON. The van der Waals surface area contributed by atoms with Crippen LogP contribution in [0.4, 0.5) is 0 Å². The van der Waals surface area contributed by atoms with E-state index in [2.05, 4.69) is 60.2 Å². The fourth-order valence-corrected chi connectivity index (χ4v) is 4.76. The van der Waals surface area contributed by atoms with Gasteiger partial charge in [-0.2, -0.15) is 36.8 Å². The number of phosphoric acid groups is 4. The van der Waals surface area contributed by atoms with Crippen molar-refractivity contribution >= 4 is 31.3 Å². The van der Waals surface area contributed by atoms with Crippen LogP contribution < -0.4 is 23.6 Å². The van der Waals surface area contributed by atoms with Gasteiger partial charge in [-0.1, -0.05) is 0 Å². The normalized spacial score (nSPS) is 36.4. The summed E-state index contributed by atoms with van der Waals surface area (Å²) in [6.07, 6.45) is -15.3. The molecule has 0 heterocycles. The van der Waals surface area contributed by atoms with Gasteiger partial charge in [0.05, 0.1) is 0 Å². The third-order valence-corrected chi connectivity index (χ3v) is 6.65.